The first-order valence-electron chi connectivity index (χ1n) is 10.2. The van der Waals surface area contributed by atoms with Crippen LogP contribution in [0.25, 0.3) is 6.08 Å². The van der Waals surface area contributed by atoms with Crippen molar-refractivity contribution in [3.05, 3.63) is 78.0 Å². The number of hydrogen-bond acceptors (Lipinski definition) is 3. The van der Waals surface area contributed by atoms with Crippen molar-refractivity contribution >= 4 is 35.0 Å². The Morgan fingerprint density at radius 2 is 1.50 bits per heavy atom. The number of carbonyl (C=O) groups is 1. The second-order valence-electron chi connectivity index (χ2n) is 8.91. The van der Waals surface area contributed by atoms with Crippen LogP contribution < -0.4 is 5.11 Å². The Morgan fingerprint density at radius 1 is 1.00 bits per heavy atom. The SMILES string of the molecule is CC1=CC(=CC2=C([O-])/C(=C/c3cc(C)[s+]c(C)c3)C2=O)C=C(C)S1.CCC(C)(C)C. The highest BCUT2D eigenvalue weighted by molar-refractivity contribution is 8.06. The lowest BCUT2D eigenvalue weighted by atomic mass is 9.85. The van der Waals surface area contributed by atoms with E-state index in [1.165, 1.54) is 6.42 Å². The molecule has 1 aromatic heterocycles. The summed E-state index contributed by atoms with van der Waals surface area (Å²) in [6, 6.07) is 4.00. The Morgan fingerprint density at radius 3 is 1.93 bits per heavy atom. The van der Waals surface area contributed by atoms with E-state index in [1.807, 2.05) is 52.0 Å². The van der Waals surface area contributed by atoms with Crippen LogP contribution in [0.4, 0.5) is 0 Å². The van der Waals surface area contributed by atoms with E-state index in [2.05, 4.69) is 27.7 Å². The Kier molecular flexibility index (Phi) is 8.06. The summed E-state index contributed by atoms with van der Waals surface area (Å²) >= 11 is 3.39. The number of Topliss-reactive ketones (excluding diaryl/α,β-unsaturated/α-hetero) is 1. The fourth-order valence-electron chi connectivity index (χ4n) is 2.84. The van der Waals surface area contributed by atoms with Crippen LogP contribution in [0, 0.1) is 19.3 Å². The minimum atomic E-state index is -0.161. The van der Waals surface area contributed by atoms with Gasteiger partial charge in [0.05, 0.1) is 0 Å². The average Bonchev–Trinajstić information content (AvgIpc) is 2.62. The van der Waals surface area contributed by atoms with Gasteiger partial charge in [-0.2, -0.15) is 0 Å². The van der Waals surface area contributed by atoms with E-state index >= 15 is 0 Å². The van der Waals surface area contributed by atoms with Gasteiger partial charge in [-0.15, -0.1) is 0 Å². The molecule has 0 radical (unpaired) electrons. The number of ketones is 1. The van der Waals surface area contributed by atoms with Crippen molar-refractivity contribution < 1.29 is 9.90 Å². The van der Waals surface area contributed by atoms with Gasteiger partial charge < -0.3 is 5.11 Å². The summed E-state index contributed by atoms with van der Waals surface area (Å²) in [6.07, 6.45) is 8.68. The van der Waals surface area contributed by atoms with Crippen LogP contribution in [-0.4, -0.2) is 5.78 Å². The zero-order chi connectivity index (χ0) is 22.6. The lowest BCUT2D eigenvalue weighted by molar-refractivity contribution is -0.300. The highest BCUT2D eigenvalue weighted by atomic mass is 32.2. The van der Waals surface area contributed by atoms with Crippen LogP contribution in [0.1, 0.15) is 63.3 Å². The molecular weight excluding hydrogens is 408 g/mol. The van der Waals surface area contributed by atoms with Crippen molar-refractivity contribution in [2.24, 2.45) is 5.41 Å². The van der Waals surface area contributed by atoms with E-state index in [9.17, 15) is 9.90 Å². The third-order valence-corrected chi connectivity index (χ3v) is 6.54. The van der Waals surface area contributed by atoms with Crippen LogP contribution in [-0.2, 0) is 4.79 Å². The van der Waals surface area contributed by atoms with E-state index in [1.54, 1.807) is 35.3 Å². The summed E-state index contributed by atoms with van der Waals surface area (Å²) in [5, 5.41) is 12.4. The number of allylic oxidation sites excluding steroid dienone is 8. The molecule has 4 heteroatoms. The number of rotatable bonds is 2. The molecule has 3 rings (SSSR count). The predicted molar refractivity (Wildman–Crippen MR) is 131 cm³/mol. The maximum atomic E-state index is 12.4. The van der Waals surface area contributed by atoms with Gasteiger partial charge >= 0.3 is 0 Å². The van der Waals surface area contributed by atoms with Gasteiger partial charge in [-0.3, -0.25) is 4.79 Å². The summed E-state index contributed by atoms with van der Waals surface area (Å²) < 4.78 is 0. The van der Waals surface area contributed by atoms with E-state index in [0.29, 0.717) is 5.41 Å². The molecule has 2 nitrogen and oxygen atoms in total. The Labute approximate surface area is 189 Å². The van der Waals surface area contributed by atoms with Gasteiger partial charge in [0.25, 0.3) is 0 Å². The van der Waals surface area contributed by atoms with Crippen molar-refractivity contribution in [1.82, 2.24) is 0 Å². The molecular formula is C26H32O2S2. The standard InChI is InChI=1S/C20H18O2S2.C6H14/c1-11-5-15(6-12(2)23-11)9-17-19(21)18(20(17)22)10-16-7-13(3)24-14(4)8-16;1-5-6(2,3)4/h5-10H,1-4H3;5H2,1-4H3. The minimum Gasteiger partial charge on any atom is -0.871 e. The van der Waals surface area contributed by atoms with Crippen LogP contribution in [0.2, 0.25) is 0 Å². The van der Waals surface area contributed by atoms with Gasteiger partial charge in [-0.05, 0) is 64.5 Å². The molecule has 2 heterocycles. The average molecular weight is 441 g/mol. The molecule has 0 aromatic carbocycles. The van der Waals surface area contributed by atoms with Gasteiger partial charge in [0, 0.05) is 37.1 Å². The predicted octanol–water partition coefficient (Wildman–Crippen LogP) is 7.15. The molecule has 0 atom stereocenters. The topological polar surface area (TPSA) is 40.1 Å². The van der Waals surface area contributed by atoms with Crippen molar-refractivity contribution in [3.8, 4) is 0 Å². The highest BCUT2D eigenvalue weighted by Gasteiger charge is 2.26. The van der Waals surface area contributed by atoms with Crippen molar-refractivity contribution in [2.45, 2.75) is 61.8 Å². The maximum Gasteiger partial charge on any atom is 0.217 e. The Bertz CT molecular complexity index is 956. The summed E-state index contributed by atoms with van der Waals surface area (Å²) in [6.45, 7) is 17.0. The van der Waals surface area contributed by atoms with E-state index in [-0.39, 0.29) is 22.7 Å². The summed E-state index contributed by atoms with van der Waals surface area (Å²) in [7, 11) is 0. The van der Waals surface area contributed by atoms with Gasteiger partial charge in [0.2, 0.25) is 21.1 Å². The number of hydrogen-bond donors (Lipinski definition) is 0. The second kappa shape index (κ2) is 9.93. The molecule has 0 bridgehead atoms. The van der Waals surface area contributed by atoms with Gasteiger partial charge in [-0.1, -0.05) is 51.6 Å². The third kappa shape index (κ3) is 6.82. The van der Waals surface area contributed by atoms with E-state index < -0.39 is 0 Å². The first kappa shape index (κ1) is 24.4. The lowest BCUT2D eigenvalue weighted by Gasteiger charge is -2.29. The fourth-order valence-corrected chi connectivity index (χ4v) is 4.64. The normalized spacial score (nSPS) is 17.8. The first-order chi connectivity index (χ1) is 13.9. The van der Waals surface area contributed by atoms with Gasteiger partial charge in [0.1, 0.15) is 0 Å². The smallest absolute Gasteiger partial charge is 0.217 e. The van der Waals surface area contributed by atoms with Crippen LogP contribution >= 0.6 is 23.1 Å². The largest absolute Gasteiger partial charge is 0.871 e. The minimum absolute atomic E-state index is 0.161. The van der Waals surface area contributed by atoms with Crippen LogP contribution in [0.5, 0.6) is 0 Å². The van der Waals surface area contributed by atoms with Crippen molar-refractivity contribution in [3.63, 3.8) is 0 Å². The fraction of sp³-hybridized carbons (Fsp3) is 0.385. The Hall–Kier alpha value is -1.91. The van der Waals surface area contributed by atoms with E-state index in [0.717, 1.165) is 30.7 Å². The van der Waals surface area contributed by atoms with Crippen molar-refractivity contribution in [1.29, 1.82) is 0 Å². The van der Waals surface area contributed by atoms with Crippen LogP contribution in [0.3, 0.4) is 0 Å². The Balaban J connectivity index is 0.000000469. The zero-order valence-electron chi connectivity index (χ0n) is 19.3. The molecule has 0 saturated carbocycles. The number of aryl methyl sites for hydroxylation is 2. The van der Waals surface area contributed by atoms with Gasteiger partial charge in [-0.25, -0.2) is 0 Å². The van der Waals surface area contributed by atoms with Gasteiger partial charge in [0.15, 0.2) is 5.78 Å². The summed E-state index contributed by atoms with van der Waals surface area (Å²) in [5.41, 5.74) is 2.92. The van der Waals surface area contributed by atoms with E-state index in [4.69, 9.17) is 0 Å². The molecule has 0 fully saturated rings. The first-order valence-corrected chi connectivity index (χ1v) is 11.9. The molecule has 0 saturated heterocycles. The molecule has 0 spiro atoms. The summed E-state index contributed by atoms with van der Waals surface area (Å²) in [5.74, 6) is -0.323. The van der Waals surface area contributed by atoms with Crippen molar-refractivity contribution in [2.75, 3.05) is 0 Å². The molecule has 160 valence electrons. The molecule has 2 aliphatic rings. The highest BCUT2D eigenvalue weighted by Crippen LogP contribution is 2.35. The zero-order valence-corrected chi connectivity index (χ0v) is 20.9. The second-order valence-corrected chi connectivity index (χ2v) is 11.9. The maximum absolute atomic E-state index is 12.4. The molecule has 1 aromatic rings. The summed E-state index contributed by atoms with van der Waals surface area (Å²) in [4.78, 5) is 17.0. The third-order valence-electron chi connectivity index (χ3n) is 4.78. The monoisotopic (exact) mass is 440 g/mol. The molecule has 1 aliphatic heterocycles. The van der Waals surface area contributed by atoms with Crippen LogP contribution in [0.15, 0.2) is 62.6 Å². The molecule has 0 amide bonds. The molecule has 1 aliphatic carbocycles. The molecule has 0 unspecified atom stereocenters. The number of carbonyl (C=O) groups excluding carboxylic acids is 1. The lowest BCUT2D eigenvalue weighted by Crippen LogP contribution is -2.29. The quantitative estimate of drug-likeness (QED) is 0.362. The number of thioether (sulfide) groups is 1. The molecule has 0 N–H and O–H groups in total. The molecule has 30 heavy (non-hydrogen) atoms.